The van der Waals surface area contributed by atoms with Gasteiger partial charge in [-0.1, -0.05) is 66.6 Å². The fraction of sp³-hybridized carbons (Fsp3) is 0.269. The molecule has 0 aliphatic carbocycles. The highest BCUT2D eigenvalue weighted by molar-refractivity contribution is 7.92. The Morgan fingerprint density at radius 3 is 2.33 bits per heavy atom. The number of hydrogen-bond donors (Lipinski definition) is 1. The van der Waals surface area contributed by atoms with Crippen molar-refractivity contribution in [3.05, 3.63) is 94.0 Å². The third-order valence-electron chi connectivity index (χ3n) is 5.67. The van der Waals surface area contributed by atoms with Crippen LogP contribution in [0.15, 0.2) is 71.6 Å². The number of amides is 1. The van der Waals surface area contributed by atoms with Crippen molar-refractivity contribution in [2.75, 3.05) is 10.8 Å². The summed E-state index contributed by atoms with van der Waals surface area (Å²) >= 11 is 6.29. The summed E-state index contributed by atoms with van der Waals surface area (Å²) in [5.74, 6) is -0.388. The zero-order valence-electron chi connectivity index (χ0n) is 19.3. The Kier molecular flexibility index (Phi) is 7.82. The van der Waals surface area contributed by atoms with Crippen LogP contribution in [0.1, 0.15) is 41.6 Å². The molecule has 1 N–H and O–H groups in total. The van der Waals surface area contributed by atoms with Crippen molar-refractivity contribution in [3.8, 4) is 0 Å². The maximum atomic E-state index is 13.6. The molecule has 1 amide bonds. The van der Waals surface area contributed by atoms with Crippen LogP contribution in [-0.2, 0) is 14.8 Å². The molecule has 5 nitrogen and oxygen atoms in total. The first-order chi connectivity index (χ1) is 15.6. The van der Waals surface area contributed by atoms with E-state index in [1.54, 1.807) is 43.3 Å². The van der Waals surface area contributed by atoms with Crippen LogP contribution in [0.5, 0.6) is 0 Å². The van der Waals surface area contributed by atoms with Crippen LogP contribution in [-0.4, -0.2) is 20.9 Å². The summed E-state index contributed by atoms with van der Waals surface area (Å²) in [7, 11) is -4.00. The number of nitrogens with zero attached hydrogens (tertiary/aromatic N) is 1. The Bertz CT molecular complexity index is 1240. The van der Waals surface area contributed by atoms with E-state index in [1.165, 1.54) is 12.1 Å². The van der Waals surface area contributed by atoms with Crippen molar-refractivity contribution in [1.29, 1.82) is 0 Å². The van der Waals surface area contributed by atoms with Gasteiger partial charge in [0.05, 0.1) is 16.6 Å². The fourth-order valence-electron chi connectivity index (χ4n) is 3.87. The molecule has 0 heterocycles. The predicted molar refractivity (Wildman–Crippen MR) is 134 cm³/mol. The molecule has 3 aromatic carbocycles. The Morgan fingerprint density at radius 1 is 1.00 bits per heavy atom. The monoisotopic (exact) mass is 484 g/mol. The number of halogens is 1. The molecule has 0 spiro atoms. The first-order valence-corrected chi connectivity index (χ1v) is 12.7. The van der Waals surface area contributed by atoms with Crippen LogP contribution in [0.4, 0.5) is 5.69 Å². The van der Waals surface area contributed by atoms with Gasteiger partial charge in [-0.15, -0.1) is 0 Å². The zero-order valence-corrected chi connectivity index (χ0v) is 20.9. The second-order valence-electron chi connectivity index (χ2n) is 8.10. The van der Waals surface area contributed by atoms with Crippen molar-refractivity contribution in [3.63, 3.8) is 0 Å². The molecular formula is C26H29ClN2O3S. The minimum atomic E-state index is -4.00. The number of hydrogen-bond acceptors (Lipinski definition) is 3. The first-order valence-electron chi connectivity index (χ1n) is 10.8. The molecule has 1 unspecified atom stereocenters. The van der Waals surface area contributed by atoms with Gasteiger partial charge in [0.1, 0.15) is 6.54 Å². The molecule has 0 aromatic heterocycles. The summed E-state index contributed by atoms with van der Waals surface area (Å²) in [6, 6.07) is 19.0. The number of carbonyl (C=O) groups excluding carboxylic acids is 1. The van der Waals surface area contributed by atoms with Gasteiger partial charge in [-0.3, -0.25) is 9.10 Å². The smallest absolute Gasteiger partial charge is 0.264 e. The average molecular weight is 485 g/mol. The molecule has 3 rings (SSSR count). The third kappa shape index (κ3) is 5.57. The quantitative estimate of drug-likeness (QED) is 0.444. The van der Waals surface area contributed by atoms with Crippen LogP contribution in [0.25, 0.3) is 0 Å². The first kappa shape index (κ1) is 24.8. The van der Waals surface area contributed by atoms with Gasteiger partial charge in [0, 0.05) is 5.02 Å². The molecule has 7 heteroatoms. The van der Waals surface area contributed by atoms with Gasteiger partial charge < -0.3 is 5.32 Å². The van der Waals surface area contributed by atoms with E-state index in [0.29, 0.717) is 22.7 Å². The third-order valence-corrected chi connectivity index (χ3v) is 7.85. The van der Waals surface area contributed by atoms with E-state index in [4.69, 9.17) is 11.6 Å². The van der Waals surface area contributed by atoms with Crippen LogP contribution in [0.2, 0.25) is 5.02 Å². The van der Waals surface area contributed by atoms with E-state index in [0.717, 1.165) is 21.0 Å². The van der Waals surface area contributed by atoms with E-state index < -0.39 is 10.0 Å². The molecule has 0 aliphatic heterocycles. The summed E-state index contributed by atoms with van der Waals surface area (Å²) in [4.78, 5) is 13.3. The van der Waals surface area contributed by atoms with Crippen molar-refractivity contribution < 1.29 is 13.2 Å². The number of sulfonamides is 1. The van der Waals surface area contributed by atoms with Crippen molar-refractivity contribution in [1.82, 2.24) is 5.32 Å². The predicted octanol–water partition coefficient (Wildman–Crippen LogP) is 5.73. The summed E-state index contributed by atoms with van der Waals surface area (Å²) in [6.07, 6.45) is 0.678. The second-order valence-corrected chi connectivity index (χ2v) is 10.4. The van der Waals surface area contributed by atoms with Crippen molar-refractivity contribution >= 4 is 33.2 Å². The van der Waals surface area contributed by atoms with Gasteiger partial charge in [0.25, 0.3) is 10.0 Å². The van der Waals surface area contributed by atoms with Crippen molar-refractivity contribution in [2.24, 2.45) is 0 Å². The van der Waals surface area contributed by atoms with Gasteiger partial charge in [-0.05, 0) is 68.1 Å². The van der Waals surface area contributed by atoms with Crippen LogP contribution >= 0.6 is 11.6 Å². The lowest BCUT2D eigenvalue weighted by atomic mass is 9.97. The molecule has 3 aromatic rings. The lowest BCUT2D eigenvalue weighted by molar-refractivity contribution is -0.120. The summed E-state index contributed by atoms with van der Waals surface area (Å²) < 4.78 is 28.2. The highest BCUT2D eigenvalue weighted by atomic mass is 35.5. The normalized spacial score (nSPS) is 12.3. The van der Waals surface area contributed by atoms with Gasteiger partial charge in [-0.2, -0.15) is 0 Å². The molecule has 0 bridgehead atoms. The Morgan fingerprint density at radius 2 is 1.70 bits per heavy atom. The Labute approximate surface area is 201 Å². The van der Waals surface area contributed by atoms with Gasteiger partial charge in [-0.25, -0.2) is 8.42 Å². The SMILES string of the molecule is CCC(NC(=O)CN(c1cccc(Cl)c1C)S(=O)(=O)c1ccccc1)c1ccc(C)cc1C. The number of nitrogens with one attached hydrogen (secondary N) is 1. The summed E-state index contributed by atoms with van der Waals surface area (Å²) in [6.45, 7) is 7.41. The number of benzene rings is 3. The molecule has 174 valence electrons. The highest BCUT2D eigenvalue weighted by Gasteiger charge is 2.29. The fourth-order valence-corrected chi connectivity index (χ4v) is 5.54. The van der Waals surface area contributed by atoms with E-state index in [1.807, 2.05) is 32.9 Å². The molecule has 0 saturated heterocycles. The van der Waals surface area contributed by atoms with Crippen LogP contribution in [0.3, 0.4) is 0 Å². The van der Waals surface area contributed by atoms with Crippen molar-refractivity contribution in [2.45, 2.75) is 45.1 Å². The van der Waals surface area contributed by atoms with Gasteiger partial charge in [0.15, 0.2) is 0 Å². The van der Waals surface area contributed by atoms with E-state index >= 15 is 0 Å². The summed E-state index contributed by atoms with van der Waals surface area (Å²) in [5.41, 5.74) is 4.22. The molecule has 1 atom stereocenters. The van der Waals surface area contributed by atoms with Crippen LogP contribution in [0, 0.1) is 20.8 Å². The molecule has 0 radical (unpaired) electrons. The second kappa shape index (κ2) is 10.4. The lowest BCUT2D eigenvalue weighted by Crippen LogP contribution is -2.42. The maximum absolute atomic E-state index is 13.6. The molecule has 0 aliphatic rings. The molecule has 0 fully saturated rings. The minimum absolute atomic E-state index is 0.110. The summed E-state index contributed by atoms with van der Waals surface area (Å²) in [5, 5.41) is 3.46. The van der Waals surface area contributed by atoms with E-state index in [-0.39, 0.29) is 23.4 Å². The Balaban J connectivity index is 1.96. The van der Waals surface area contributed by atoms with Gasteiger partial charge in [0.2, 0.25) is 5.91 Å². The average Bonchev–Trinajstić information content (AvgIpc) is 2.79. The Hall–Kier alpha value is -2.83. The molecule has 0 saturated carbocycles. The largest absolute Gasteiger partial charge is 0.348 e. The number of aryl methyl sites for hydroxylation is 2. The molecular weight excluding hydrogens is 456 g/mol. The lowest BCUT2D eigenvalue weighted by Gasteiger charge is -2.27. The topological polar surface area (TPSA) is 66.5 Å². The molecule has 33 heavy (non-hydrogen) atoms. The minimum Gasteiger partial charge on any atom is -0.348 e. The zero-order chi connectivity index (χ0) is 24.2. The van der Waals surface area contributed by atoms with E-state index in [2.05, 4.69) is 11.4 Å². The highest BCUT2D eigenvalue weighted by Crippen LogP contribution is 2.31. The number of rotatable bonds is 8. The van der Waals surface area contributed by atoms with Crippen LogP contribution < -0.4 is 9.62 Å². The standard InChI is InChI=1S/C26H29ClN2O3S/c1-5-24(22-15-14-18(2)16-19(22)3)28-26(30)17-29(25-13-9-12-23(27)20(25)4)33(31,32)21-10-7-6-8-11-21/h6-16,24H,5,17H2,1-4H3,(H,28,30). The number of carbonyl (C=O) groups is 1. The van der Waals surface area contributed by atoms with Gasteiger partial charge >= 0.3 is 0 Å². The number of anilines is 1. The maximum Gasteiger partial charge on any atom is 0.264 e. The van der Waals surface area contributed by atoms with E-state index in [9.17, 15) is 13.2 Å².